The Bertz CT molecular complexity index is 435. The molecule has 1 aromatic carbocycles. The van der Waals surface area contributed by atoms with E-state index in [1.165, 1.54) is 6.07 Å². The van der Waals surface area contributed by atoms with Gasteiger partial charge in [-0.15, -0.1) is 0 Å². The third-order valence-corrected chi connectivity index (χ3v) is 2.15. The number of hydrogen-bond acceptors (Lipinski definition) is 2. The van der Waals surface area contributed by atoms with Crippen molar-refractivity contribution in [2.75, 3.05) is 13.1 Å². The molecule has 0 bridgehead atoms. The first-order valence-electron chi connectivity index (χ1n) is 5.09. The Morgan fingerprint density at radius 2 is 1.94 bits per heavy atom. The number of hydrogen-bond donors (Lipinski definition) is 3. The maximum Gasteiger partial charge on any atom is 0.312 e. The number of carbonyl (C=O) groups is 2. The van der Waals surface area contributed by atoms with Crippen molar-refractivity contribution in [1.29, 1.82) is 0 Å². The van der Waals surface area contributed by atoms with Crippen LogP contribution < -0.4 is 16.4 Å². The second-order valence-electron chi connectivity index (χ2n) is 3.48. The van der Waals surface area contributed by atoms with Gasteiger partial charge in [-0.05, 0) is 18.6 Å². The molecular weight excluding hydrogens is 225 g/mol. The molecule has 0 aliphatic rings. The van der Waals surface area contributed by atoms with Crippen LogP contribution in [0.25, 0.3) is 0 Å². The van der Waals surface area contributed by atoms with Gasteiger partial charge in [0.05, 0.1) is 5.56 Å². The molecule has 0 atom stereocenters. The Labute approximate surface area is 98.2 Å². The zero-order valence-electron chi connectivity index (χ0n) is 9.42. The molecule has 0 radical (unpaired) electrons. The lowest BCUT2D eigenvalue weighted by molar-refractivity contribution is 0.0949. The molecule has 3 amide bonds. The second-order valence-corrected chi connectivity index (χ2v) is 3.48. The van der Waals surface area contributed by atoms with E-state index in [9.17, 15) is 14.0 Å². The summed E-state index contributed by atoms with van der Waals surface area (Å²) in [6.45, 7) is 1.98. The Morgan fingerprint density at radius 3 is 2.59 bits per heavy atom. The molecule has 0 saturated heterocycles. The highest BCUT2D eigenvalue weighted by Gasteiger charge is 2.12. The number of nitrogens with one attached hydrogen (secondary N) is 2. The maximum atomic E-state index is 13.5. The van der Waals surface area contributed by atoms with E-state index in [-0.39, 0.29) is 18.7 Å². The highest BCUT2D eigenvalue weighted by Crippen LogP contribution is 2.11. The molecule has 0 fully saturated rings. The van der Waals surface area contributed by atoms with E-state index in [0.29, 0.717) is 5.56 Å². The van der Waals surface area contributed by atoms with Crippen LogP contribution in [0.2, 0.25) is 0 Å². The Morgan fingerprint density at radius 1 is 1.29 bits per heavy atom. The largest absolute Gasteiger partial charge is 0.352 e. The van der Waals surface area contributed by atoms with Gasteiger partial charge >= 0.3 is 6.03 Å². The predicted octanol–water partition coefficient (Wildman–Crippen LogP) is 0.532. The fourth-order valence-electron chi connectivity index (χ4n) is 1.28. The van der Waals surface area contributed by atoms with Crippen molar-refractivity contribution in [2.24, 2.45) is 5.73 Å². The smallest absolute Gasteiger partial charge is 0.312 e. The molecule has 17 heavy (non-hydrogen) atoms. The van der Waals surface area contributed by atoms with Gasteiger partial charge in [0.25, 0.3) is 5.91 Å². The van der Waals surface area contributed by atoms with E-state index in [1.807, 2.05) is 0 Å². The van der Waals surface area contributed by atoms with Crippen molar-refractivity contribution in [3.63, 3.8) is 0 Å². The summed E-state index contributed by atoms with van der Waals surface area (Å²) in [6.07, 6.45) is 0. The quantitative estimate of drug-likeness (QED) is 0.670. The molecule has 0 aliphatic carbocycles. The van der Waals surface area contributed by atoms with Crippen LogP contribution in [0.4, 0.5) is 9.18 Å². The van der Waals surface area contributed by atoms with Gasteiger partial charge in [-0.3, -0.25) is 4.79 Å². The van der Waals surface area contributed by atoms with E-state index in [0.717, 1.165) is 0 Å². The average Bonchev–Trinajstić information content (AvgIpc) is 2.27. The number of primary amides is 1. The highest BCUT2D eigenvalue weighted by molar-refractivity contribution is 5.94. The molecule has 0 unspecified atom stereocenters. The molecule has 1 aromatic rings. The van der Waals surface area contributed by atoms with E-state index >= 15 is 0 Å². The molecule has 4 N–H and O–H groups in total. The van der Waals surface area contributed by atoms with Crippen LogP contribution in [0.1, 0.15) is 15.9 Å². The van der Waals surface area contributed by atoms with Crippen molar-refractivity contribution >= 4 is 11.9 Å². The SMILES string of the molecule is Cc1cccc(C(=O)NCCNC(N)=O)c1F. The lowest BCUT2D eigenvalue weighted by Crippen LogP contribution is -2.37. The van der Waals surface area contributed by atoms with Gasteiger partial charge in [0.2, 0.25) is 0 Å². The normalized spacial score (nSPS) is 9.76. The molecule has 6 heteroatoms. The van der Waals surface area contributed by atoms with Gasteiger partial charge in [-0.25, -0.2) is 9.18 Å². The lowest BCUT2D eigenvalue weighted by Gasteiger charge is -2.07. The molecule has 0 spiro atoms. The van der Waals surface area contributed by atoms with Crippen LogP contribution in [0.15, 0.2) is 18.2 Å². The standard InChI is InChI=1S/C11H14FN3O2/c1-7-3-2-4-8(9(7)12)10(16)14-5-6-15-11(13)17/h2-4H,5-6H2,1H3,(H,14,16)(H3,13,15,17). The zero-order chi connectivity index (χ0) is 12.8. The number of carbonyl (C=O) groups excluding carboxylic acids is 2. The Kier molecular flexibility index (Phi) is 4.45. The van der Waals surface area contributed by atoms with Gasteiger partial charge in [0.1, 0.15) is 5.82 Å². The minimum Gasteiger partial charge on any atom is -0.352 e. The van der Waals surface area contributed by atoms with Crippen LogP contribution in [0.5, 0.6) is 0 Å². The minimum absolute atomic E-state index is 0.0101. The van der Waals surface area contributed by atoms with Gasteiger partial charge in [0.15, 0.2) is 0 Å². The van der Waals surface area contributed by atoms with Gasteiger partial charge in [-0.2, -0.15) is 0 Å². The molecule has 0 aliphatic heterocycles. The second kappa shape index (κ2) is 5.83. The number of halogens is 1. The zero-order valence-corrected chi connectivity index (χ0v) is 9.42. The number of rotatable bonds is 4. The Balaban J connectivity index is 2.53. The summed E-state index contributed by atoms with van der Waals surface area (Å²) in [5, 5.41) is 4.78. The topological polar surface area (TPSA) is 84.2 Å². The summed E-state index contributed by atoms with van der Waals surface area (Å²) in [6, 6.07) is 3.93. The van der Waals surface area contributed by atoms with E-state index < -0.39 is 17.8 Å². The van der Waals surface area contributed by atoms with Crippen molar-refractivity contribution < 1.29 is 14.0 Å². The molecule has 0 saturated carbocycles. The third kappa shape index (κ3) is 3.75. The number of benzene rings is 1. The summed E-state index contributed by atoms with van der Waals surface area (Å²) in [7, 11) is 0. The number of amides is 3. The number of urea groups is 1. The first-order valence-corrected chi connectivity index (χ1v) is 5.09. The maximum absolute atomic E-state index is 13.5. The molecular formula is C11H14FN3O2. The van der Waals surface area contributed by atoms with Crippen molar-refractivity contribution in [3.05, 3.63) is 35.1 Å². The lowest BCUT2D eigenvalue weighted by atomic mass is 10.1. The minimum atomic E-state index is -0.666. The van der Waals surface area contributed by atoms with Crippen molar-refractivity contribution in [3.8, 4) is 0 Å². The first kappa shape index (κ1) is 13.0. The summed E-state index contributed by atoms with van der Waals surface area (Å²) < 4.78 is 13.5. The summed E-state index contributed by atoms with van der Waals surface area (Å²) in [4.78, 5) is 21.9. The van der Waals surface area contributed by atoms with Gasteiger partial charge in [-0.1, -0.05) is 12.1 Å². The molecule has 1 rings (SSSR count). The fourth-order valence-corrected chi connectivity index (χ4v) is 1.28. The van der Waals surface area contributed by atoms with Crippen LogP contribution >= 0.6 is 0 Å². The monoisotopic (exact) mass is 239 g/mol. The van der Waals surface area contributed by atoms with E-state index in [4.69, 9.17) is 5.73 Å². The molecule has 0 aromatic heterocycles. The average molecular weight is 239 g/mol. The summed E-state index contributed by atoms with van der Waals surface area (Å²) in [5.41, 5.74) is 5.24. The van der Waals surface area contributed by atoms with Crippen LogP contribution in [0, 0.1) is 12.7 Å². The third-order valence-electron chi connectivity index (χ3n) is 2.15. The van der Waals surface area contributed by atoms with Gasteiger partial charge < -0.3 is 16.4 Å². The van der Waals surface area contributed by atoms with E-state index in [1.54, 1.807) is 19.1 Å². The predicted molar refractivity (Wildman–Crippen MR) is 61.1 cm³/mol. The van der Waals surface area contributed by atoms with Gasteiger partial charge in [0, 0.05) is 13.1 Å². The van der Waals surface area contributed by atoms with Crippen molar-refractivity contribution in [1.82, 2.24) is 10.6 Å². The van der Waals surface area contributed by atoms with E-state index in [2.05, 4.69) is 10.6 Å². The number of nitrogens with two attached hydrogens (primary N) is 1. The number of aryl methyl sites for hydroxylation is 1. The molecule has 5 nitrogen and oxygen atoms in total. The molecule has 92 valence electrons. The van der Waals surface area contributed by atoms with Crippen LogP contribution in [0.3, 0.4) is 0 Å². The van der Waals surface area contributed by atoms with Crippen molar-refractivity contribution in [2.45, 2.75) is 6.92 Å². The molecule has 0 heterocycles. The van der Waals surface area contributed by atoms with Crippen LogP contribution in [-0.4, -0.2) is 25.0 Å². The summed E-state index contributed by atoms with van der Waals surface area (Å²) in [5.74, 6) is -1.05. The first-order chi connectivity index (χ1) is 8.02. The Hall–Kier alpha value is -2.11. The summed E-state index contributed by atoms with van der Waals surface area (Å²) >= 11 is 0. The highest BCUT2D eigenvalue weighted by atomic mass is 19.1. The van der Waals surface area contributed by atoms with Crippen LogP contribution in [-0.2, 0) is 0 Å². The fraction of sp³-hybridized carbons (Fsp3) is 0.273.